The summed E-state index contributed by atoms with van der Waals surface area (Å²) in [6, 6.07) is 0. The Morgan fingerprint density at radius 3 is 1.00 bits per heavy atom. The van der Waals surface area contributed by atoms with Crippen LogP contribution in [0.5, 0.6) is 0 Å². The second-order valence-corrected chi connectivity index (χ2v) is 0. The third kappa shape index (κ3) is 9.05. The Bertz CT molecular complexity index is 8.00. The van der Waals surface area contributed by atoms with Crippen molar-refractivity contribution in [2.24, 2.45) is 0 Å². The van der Waals surface area contributed by atoms with E-state index in [1.165, 1.54) is 0 Å². The monoisotopic (exact) mass is 302 g/mol. The SMILES string of the molecule is B.[Fe].[Nd].[SrH2]. The van der Waals surface area contributed by atoms with Gasteiger partial charge in [0.2, 0.25) is 0 Å². The normalized spacial score (nSPS) is 0. The molecule has 0 atom stereocenters. The van der Waals surface area contributed by atoms with Crippen LogP contribution in [0.1, 0.15) is 0 Å². The molecule has 0 saturated carbocycles. The second kappa shape index (κ2) is 16.1. The number of rotatable bonds is 0. The summed E-state index contributed by atoms with van der Waals surface area (Å²) in [5.41, 5.74) is 0. The van der Waals surface area contributed by atoms with Crippen LogP contribution < -0.4 is 0 Å². The van der Waals surface area contributed by atoms with E-state index in [0.29, 0.717) is 0 Å². The molecule has 0 bridgehead atoms. The van der Waals surface area contributed by atoms with Gasteiger partial charge in [0, 0.05) is 57.9 Å². The van der Waals surface area contributed by atoms with E-state index < -0.39 is 0 Å². The fourth-order valence-corrected chi connectivity index (χ4v) is 0. The first kappa shape index (κ1) is 26.2. The molecule has 0 aliphatic carbocycles. The Morgan fingerprint density at radius 1 is 1.00 bits per heavy atom. The van der Waals surface area contributed by atoms with Gasteiger partial charge in [-0.05, 0) is 0 Å². The molecule has 0 heterocycles. The fraction of sp³-hybridized carbons (Fsp3) is 0. The molecule has 0 spiro atoms. The summed E-state index contributed by atoms with van der Waals surface area (Å²) in [5, 5.41) is 0. The van der Waals surface area contributed by atoms with Gasteiger partial charge < -0.3 is 0 Å². The van der Waals surface area contributed by atoms with Crippen molar-refractivity contribution in [1.82, 2.24) is 0 Å². The van der Waals surface area contributed by atoms with Gasteiger partial charge in [-0.15, -0.1) is 0 Å². The summed E-state index contributed by atoms with van der Waals surface area (Å²) in [7, 11) is 0. The Labute approximate surface area is 109 Å². The van der Waals surface area contributed by atoms with E-state index in [9.17, 15) is 0 Å². The second-order valence-electron chi connectivity index (χ2n) is 0. The first-order chi connectivity index (χ1) is 0. The molecule has 0 aliphatic heterocycles. The standard InChI is InChI=1S/BH3.Fe.Nd.Sr.2H/h1H3;;;;;. The quantitative estimate of drug-likeness (QED) is 0.450. The van der Waals surface area contributed by atoms with Crippen molar-refractivity contribution in [3.05, 3.63) is 0 Å². The Kier molecular flexibility index (Phi) is 105. The molecular formula is H5BFeNdSr. The Morgan fingerprint density at radius 2 is 1.00 bits per heavy atom. The molecule has 0 radical (unpaired) electrons. The van der Waals surface area contributed by atoms with E-state index >= 15 is 0 Å². The number of hydrogen-bond donors (Lipinski definition) is 0. The van der Waals surface area contributed by atoms with Gasteiger partial charge in [0.1, 0.15) is 0 Å². The maximum atomic E-state index is 0. The molecule has 22 valence electrons. The van der Waals surface area contributed by atoms with Crippen LogP contribution in [0, 0.1) is 40.8 Å². The topological polar surface area (TPSA) is 0 Å². The van der Waals surface area contributed by atoms with Crippen molar-refractivity contribution in [1.29, 1.82) is 0 Å². The fourth-order valence-electron chi connectivity index (χ4n) is 0. The van der Waals surface area contributed by atoms with Crippen LogP contribution >= 0.6 is 0 Å². The van der Waals surface area contributed by atoms with Crippen LogP contribution in [0.3, 0.4) is 0 Å². The van der Waals surface area contributed by atoms with E-state index in [2.05, 4.69) is 0 Å². The van der Waals surface area contributed by atoms with Crippen molar-refractivity contribution in [2.75, 3.05) is 0 Å². The molecule has 0 unspecified atom stereocenters. The molecular weight excluding hydrogens is 299 g/mol. The molecule has 0 saturated heterocycles. The average molecular weight is 304 g/mol. The van der Waals surface area contributed by atoms with Crippen molar-refractivity contribution in [3.63, 3.8) is 0 Å². The predicted octanol–water partition coefficient (Wildman–Crippen LogP) is -2.10. The molecule has 0 aromatic heterocycles. The van der Waals surface area contributed by atoms with Crippen LogP contribution in [-0.2, 0) is 17.1 Å². The zero-order valence-electron chi connectivity index (χ0n) is 0.854. The minimum atomic E-state index is 0. The van der Waals surface area contributed by atoms with Gasteiger partial charge >= 0.3 is 45.5 Å². The van der Waals surface area contributed by atoms with Crippen LogP contribution in [0.25, 0.3) is 0 Å². The Balaban J connectivity index is 0. The van der Waals surface area contributed by atoms with Gasteiger partial charge in [-0.2, -0.15) is 0 Å². The zero-order valence-corrected chi connectivity index (χ0v) is 5.17. The zero-order chi connectivity index (χ0) is 0. The summed E-state index contributed by atoms with van der Waals surface area (Å²) >= 11 is 0. The first-order valence-electron chi connectivity index (χ1n) is 0. The van der Waals surface area contributed by atoms with Gasteiger partial charge in [-0.3, -0.25) is 0 Å². The van der Waals surface area contributed by atoms with E-state index in [-0.39, 0.29) is 112 Å². The minimum absolute atomic E-state index is 0. The van der Waals surface area contributed by atoms with E-state index in [4.69, 9.17) is 0 Å². The molecule has 0 aliphatic rings. The van der Waals surface area contributed by atoms with Gasteiger partial charge in [-0.25, -0.2) is 0 Å². The summed E-state index contributed by atoms with van der Waals surface area (Å²) in [5.74, 6) is 0. The van der Waals surface area contributed by atoms with E-state index in [0.717, 1.165) is 0 Å². The van der Waals surface area contributed by atoms with Crippen molar-refractivity contribution < 1.29 is 57.9 Å². The van der Waals surface area contributed by atoms with E-state index in [1.807, 2.05) is 0 Å². The third-order valence-electron chi connectivity index (χ3n) is 0. The predicted molar refractivity (Wildman–Crippen MR) is 18.5 cm³/mol. The molecule has 0 aromatic rings. The van der Waals surface area contributed by atoms with Gasteiger partial charge in [0.05, 0.1) is 8.41 Å². The molecule has 0 amide bonds. The van der Waals surface area contributed by atoms with Crippen molar-refractivity contribution in [3.8, 4) is 0 Å². The maximum absolute atomic E-state index is 0. The molecule has 0 fully saturated rings. The van der Waals surface area contributed by atoms with Gasteiger partial charge in [0.15, 0.2) is 0 Å². The summed E-state index contributed by atoms with van der Waals surface area (Å²) in [6.45, 7) is 0. The number of hydrogen-bond acceptors (Lipinski definition) is 0. The van der Waals surface area contributed by atoms with E-state index in [1.54, 1.807) is 0 Å². The summed E-state index contributed by atoms with van der Waals surface area (Å²) in [4.78, 5) is 0. The summed E-state index contributed by atoms with van der Waals surface area (Å²) in [6.07, 6.45) is 0. The summed E-state index contributed by atoms with van der Waals surface area (Å²) < 4.78 is 0. The molecule has 0 N–H and O–H groups in total. The van der Waals surface area contributed by atoms with Crippen molar-refractivity contribution in [2.45, 2.75) is 0 Å². The molecule has 4 heavy (non-hydrogen) atoms. The molecule has 0 rings (SSSR count). The Hall–Kier alpha value is 3.42. The molecule has 4 heteroatoms. The van der Waals surface area contributed by atoms with Crippen LogP contribution in [0.15, 0.2) is 0 Å². The molecule has 0 aromatic carbocycles. The van der Waals surface area contributed by atoms with Gasteiger partial charge in [0.25, 0.3) is 0 Å². The third-order valence-corrected chi connectivity index (χ3v) is 0. The van der Waals surface area contributed by atoms with Crippen LogP contribution in [0.2, 0.25) is 0 Å². The van der Waals surface area contributed by atoms with Crippen molar-refractivity contribution >= 4 is 53.9 Å². The molecule has 0 nitrogen and oxygen atoms in total. The van der Waals surface area contributed by atoms with Gasteiger partial charge in [-0.1, -0.05) is 0 Å². The first-order valence-corrected chi connectivity index (χ1v) is 0. The average Bonchev–Trinajstić information content (AvgIpc) is 0. The van der Waals surface area contributed by atoms with Crippen LogP contribution in [-0.4, -0.2) is 53.9 Å². The van der Waals surface area contributed by atoms with Crippen LogP contribution in [0.4, 0.5) is 0 Å².